The molecule has 2 aromatic carbocycles. The first-order chi connectivity index (χ1) is 16.9. The molecule has 0 bridgehead atoms. The predicted octanol–water partition coefficient (Wildman–Crippen LogP) is 2.02. The zero-order chi connectivity index (χ0) is 25.2. The van der Waals surface area contributed by atoms with E-state index < -0.39 is 5.91 Å². The number of primary amides is 1. The third-order valence-electron chi connectivity index (χ3n) is 5.32. The van der Waals surface area contributed by atoms with Crippen LogP contribution in [-0.4, -0.2) is 54.5 Å². The van der Waals surface area contributed by atoms with E-state index in [-0.39, 0.29) is 29.1 Å². The fourth-order valence-electron chi connectivity index (χ4n) is 3.57. The van der Waals surface area contributed by atoms with Crippen LogP contribution in [0.4, 0.5) is 0 Å². The van der Waals surface area contributed by atoms with Gasteiger partial charge in [0, 0.05) is 25.7 Å². The highest BCUT2D eigenvalue weighted by Gasteiger charge is 2.26. The van der Waals surface area contributed by atoms with E-state index in [1.807, 2.05) is 36.6 Å². The van der Waals surface area contributed by atoms with Gasteiger partial charge in [0.25, 0.3) is 5.91 Å². The lowest BCUT2D eigenvalue weighted by molar-refractivity contribution is -0.125. The molecule has 0 radical (unpaired) electrons. The van der Waals surface area contributed by atoms with E-state index in [0.717, 1.165) is 0 Å². The Bertz CT molecular complexity index is 1120. The van der Waals surface area contributed by atoms with E-state index in [1.54, 1.807) is 35.2 Å². The standard InChI is InChI=1S/C25H30N6O3S/c1-35-29-14-5-8-21(32)31-15-13-18(16-31)30-24(27)22(25(28)33)23(26)17-9-11-20(12-10-17)34-19-6-3-2-4-7-19/h2-12,18,29H,13-16,26H2,1H3,(H2,27,30)(H2,28,33)/b8-5+,23-22?. The molecule has 35 heavy (non-hydrogen) atoms. The van der Waals surface area contributed by atoms with Gasteiger partial charge in [0.1, 0.15) is 22.9 Å². The third-order valence-corrected chi connectivity index (χ3v) is 5.77. The number of aliphatic imine (C=N–C) groups is 1. The van der Waals surface area contributed by atoms with Crippen molar-refractivity contribution in [3.63, 3.8) is 0 Å². The molecule has 2 aromatic rings. The first kappa shape index (κ1) is 25.9. The average molecular weight is 495 g/mol. The molecule has 2 amide bonds. The lowest BCUT2D eigenvalue weighted by Gasteiger charge is -2.14. The first-order valence-corrected chi connectivity index (χ1v) is 12.3. The van der Waals surface area contributed by atoms with Crippen molar-refractivity contribution in [1.29, 1.82) is 0 Å². The van der Waals surface area contributed by atoms with Gasteiger partial charge in [-0.2, -0.15) is 0 Å². The fraction of sp³-hybridized carbons (Fsp3) is 0.240. The molecule has 1 aliphatic heterocycles. The van der Waals surface area contributed by atoms with Crippen molar-refractivity contribution < 1.29 is 14.3 Å². The summed E-state index contributed by atoms with van der Waals surface area (Å²) in [5, 5.41) is 0. The minimum absolute atomic E-state index is 0.0429. The third kappa shape index (κ3) is 7.36. The molecule has 1 saturated heterocycles. The van der Waals surface area contributed by atoms with Crippen LogP contribution in [0.3, 0.4) is 0 Å². The van der Waals surface area contributed by atoms with Crippen LogP contribution >= 0.6 is 11.9 Å². The molecule has 1 unspecified atom stereocenters. The Hall–Kier alpha value is -3.76. The molecule has 0 aromatic heterocycles. The number of ether oxygens (including phenoxy) is 1. The van der Waals surface area contributed by atoms with Crippen molar-refractivity contribution in [2.45, 2.75) is 12.5 Å². The quantitative estimate of drug-likeness (QED) is 0.130. The second-order valence-corrected chi connectivity index (χ2v) is 8.49. The number of benzene rings is 2. The number of likely N-dealkylation sites (tertiary alicyclic amines) is 1. The number of carbonyl (C=O) groups is 2. The van der Waals surface area contributed by atoms with E-state index in [1.165, 1.54) is 18.0 Å². The van der Waals surface area contributed by atoms with Gasteiger partial charge < -0.3 is 26.8 Å². The maximum absolute atomic E-state index is 12.3. The van der Waals surface area contributed by atoms with Gasteiger partial charge in [-0.05, 0) is 54.6 Å². The van der Waals surface area contributed by atoms with Gasteiger partial charge in [-0.15, -0.1) is 0 Å². The molecule has 1 heterocycles. The summed E-state index contributed by atoms with van der Waals surface area (Å²) >= 11 is 1.48. The number of rotatable bonds is 10. The molecule has 1 fully saturated rings. The van der Waals surface area contributed by atoms with Crippen LogP contribution in [0.25, 0.3) is 5.70 Å². The zero-order valence-corrected chi connectivity index (χ0v) is 20.3. The Kier molecular flexibility index (Phi) is 9.33. The Balaban J connectivity index is 1.71. The van der Waals surface area contributed by atoms with Crippen molar-refractivity contribution in [2.75, 3.05) is 25.9 Å². The number of nitrogens with two attached hydrogens (primary N) is 3. The monoisotopic (exact) mass is 494 g/mol. The topological polar surface area (TPSA) is 149 Å². The number of hydrogen-bond donors (Lipinski definition) is 4. The second kappa shape index (κ2) is 12.6. The smallest absolute Gasteiger partial charge is 0.254 e. The highest BCUT2D eigenvalue weighted by molar-refractivity contribution is 7.96. The van der Waals surface area contributed by atoms with Crippen LogP contribution in [0.2, 0.25) is 0 Å². The van der Waals surface area contributed by atoms with Gasteiger partial charge in [-0.25, -0.2) is 0 Å². The van der Waals surface area contributed by atoms with E-state index in [4.69, 9.17) is 21.9 Å². The Morgan fingerprint density at radius 1 is 1.11 bits per heavy atom. The molecule has 0 saturated carbocycles. The van der Waals surface area contributed by atoms with Crippen molar-refractivity contribution in [3.8, 4) is 11.5 Å². The number of amides is 2. The molecule has 184 valence electrons. The minimum Gasteiger partial charge on any atom is -0.457 e. The van der Waals surface area contributed by atoms with Gasteiger partial charge in [-0.3, -0.25) is 19.3 Å². The molecule has 1 aliphatic rings. The number of nitrogens with one attached hydrogen (secondary N) is 1. The minimum atomic E-state index is -0.775. The maximum atomic E-state index is 12.3. The van der Waals surface area contributed by atoms with Crippen LogP contribution in [0.5, 0.6) is 11.5 Å². The zero-order valence-electron chi connectivity index (χ0n) is 19.5. The normalized spacial score (nSPS) is 16.9. The van der Waals surface area contributed by atoms with Crippen LogP contribution in [-0.2, 0) is 9.59 Å². The van der Waals surface area contributed by atoms with Crippen molar-refractivity contribution in [3.05, 3.63) is 77.9 Å². The molecule has 1 atom stereocenters. The number of amidine groups is 1. The van der Waals surface area contributed by atoms with Crippen molar-refractivity contribution in [2.24, 2.45) is 22.2 Å². The van der Waals surface area contributed by atoms with Crippen LogP contribution in [0, 0.1) is 0 Å². The maximum Gasteiger partial charge on any atom is 0.254 e. The summed E-state index contributed by atoms with van der Waals surface area (Å²) in [5.41, 5.74) is 18.7. The highest BCUT2D eigenvalue weighted by Crippen LogP contribution is 2.24. The van der Waals surface area contributed by atoms with Crippen LogP contribution in [0.15, 0.2) is 77.3 Å². The first-order valence-electron chi connectivity index (χ1n) is 11.1. The average Bonchev–Trinajstić information content (AvgIpc) is 3.31. The molecule has 9 nitrogen and oxygen atoms in total. The molecule has 0 spiro atoms. The summed E-state index contributed by atoms with van der Waals surface area (Å²) in [6, 6.07) is 16.0. The Morgan fingerprint density at radius 2 is 1.80 bits per heavy atom. The molecule has 3 rings (SSSR count). The summed E-state index contributed by atoms with van der Waals surface area (Å²) in [4.78, 5) is 30.7. The van der Waals surface area contributed by atoms with Gasteiger partial charge in [0.2, 0.25) is 5.91 Å². The SMILES string of the molecule is CSNC/C=C/C(=O)N1CCC(N=C(N)C(C(N)=O)=C(N)c2ccc(Oc3ccccc3)cc2)C1. The van der Waals surface area contributed by atoms with Gasteiger partial charge in [-0.1, -0.05) is 36.2 Å². The van der Waals surface area contributed by atoms with Gasteiger partial charge >= 0.3 is 0 Å². The summed E-state index contributed by atoms with van der Waals surface area (Å²) < 4.78 is 8.83. The lowest BCUT2D eigenvalue weighted by atomic mass is 10.0. The Morgan fingerprint density at radius 3 is 2.46 bits per heavy atom. The summed E-state index contributed by atoms with van der Waals surface area (Å²) in [6.07, 6.45) is 5.85. The summed E-state index contributed by atoms with van der Waals surface area (Å²) in [5.74, 6) is 0.410. The van der Waals surface area contributed by atoms with Crippen molar-refractivity contribution >= 4 is 35.3 Å². The number of para-hydroxylation sites is 1. The second-order valence-electron chi connectivity index (χ2n) is 7.79. The summed E-state index contributed by atoms with van der Waals surface area (Å²) in [7, 11) is 0. The van der Waals surface area contributed by atoms with Gasteiger partial charge in [0.15, 0.2) is 0 Å². The number of hydrogen-bond acceptors (Lipinski definition) is 7. The number of nitrogens with zero attached hydrogens (tertiary/aromatic N) is 2. The molecule has 0 aliphatic carbocycles. The molecular formula is C25H30N6O3S. The predicted molar refractivity (Wildman–Crippen MR) is 141 cm³/mol. The van der Waals surface area contributed by atoms with Crippen LogP contribution in [0.1, 0.15) is 12.0 Å². The molecule has 7 N–H and O–H groups in total. The van der Waals surface area contributed by atoms with Crippen molar-refractivity contribution in [1.82, 2.24) is 9.62 Å². The molecule has 10 heteroatoms. The molecular weight excluding hydrogens is 464 g/mol. The Labute approximate surface area is 209 Å². The highest BCUT2D eigenvalue weighted by atomic mass is 32.2. The largest absolute Gasteiger partial charge is 0.457 e. The summed E-state index contributed by atoms with van der Waals surface area (Å²) in [6.45, 7) is 1.55. The van der Waals surface area contributed by atoms with E-state index in [9.17, 15) is 9.59 Å². The lowest BCUT2D eigenvalue weighted by Crippen LogP contribution is -2.32. The van der Waals surface area contributed by atoms with E-state index >= 15 is 0 Å². The van der Waals surface area contributed by atoms with E-state index in [0.29, 0.717) is 43.1 Å². The fourth-order valence-corrected chi connectivity index (χ4v) is 3.84. The van der Waals surface area contributed by atoms with Crippen LogP contribution < -0.4 is 26.7 Å². The number of carbonyl (C=O) groups excluding carboxylic acids is 2. The van der Waals surface area contributed by atoms with E-state index in [2.05, 4.69) is 9.71 Å². The van der Waals surface area contributed by atoms with Gasteiger partial charge in [0.05, 0.1) is 11.7 Å².